The summed E-state index contributed by atoms with van der Waals surface area (Å²) >= 11 is 0. The first-order chi connectivity index (χ1) is 41.4. The predicted molar refractivity (Wildman–Crippen MR) is 316 cm³/mol. The number of pyridine rings is 2. The summed E-state index contributed by atoms with van der Waals surface area (Å²) in [6.07, 6.45) is 6.81. The molecule has 2 fully saturated rings. The number of likely N-dealkylation sites (tertiary alicyclic amines) is 2. The van der Waals surface area contributed by atoms with E-state index in [2.05, 4.69) is 50.3 Å². The van der Waals surface area contributed by atoms with Crippen molar-refractivity contribution in [3.05, 3.63) is 132 Å². The zero-order valence-electron chi connectivity index (χ0n) is 49.9. The van der Waals surface area contributed by atoms with Crippen LogP contribution in [0, 0.1) is 13.8 Å². The van der Waals surface area contributed by atoms with Crippen molar-refractivity contribution in [3.8, 4) is 69.2 Å². The van der Waals surface area contributed by atoms with Gasteiger partial charge in [-0.1, -0.05) is 24.3 Å². The number of aromatic nitrogens is 12. The second kappa shape index (κ2) is 27.0. The van der Waals surface area contributed by atoms with Crippen LogP contribution in [0.25, 0.3) is 34.4 Å². The Morgan fingerprint density at radius 3 is 1.09 bits per heavy atom. The largest absolute Gasteiger partial charge is 0.494 e. The first-order valence-electron chi connectivity index (χ1n) is 27.3. The van der Waals surface area contributed by atoms with Gasteiger partial charge in [0.2, 0.25) is 11.8 Å². The fourth-order valence-corrected chi connectivity index (χ4v) is 13.2. The monoisotopic (exact) mass is 1220 g/mol. The highest BCUT2D eigenvalue weighted by atomic mass is 32.2. The van der Waals surface area contributed by atoms with E-state index in [9.17, 15) is 16.8 Å². The molecule has 1 unspecified atom stereocenters. The predicted octanol–water partition coefficient (Wildman–Crippen LogP) is 5.66. The van der Waals surface area contributed by atoms with Gasteiger partial charge in [-0.2, -0.15) is 0 Å². The molecule has 86 heavy (non-hydrogen) atoms. The lowest BCUT2D eigenvalue weighted by Crippen LogP contribution is -2.56. The minimum atomic E-state index is -3.88. The summed E-state index contributed by atoms with van der Waals surface area (Å²) < 4.78 is 104. The number of sulfone groups is 2. The second-order valence-electron chi connectivity index (χ2n) is 20.5. The Morgan fingerprint density at radius 1 is 0.465 bits per heavy atom. The van der Waals surface area contributed by atoms with Gasteiger partial charge in [-0.05, 0) is 75.2 Å². The fraction of sp³-hybridized carbons (Fsp3) is 0.414. The SMILES string of the molecule is COc1cccc(-c2nnc(CS(=O)(=O)[C@@H](C)C(c3ncc(C)cn3)N3CC(OC)C3)n2-c2c(OC)cccc2OC)n1.COc1cccc(-c2nnc(CS(=O)(=O)[C@H](C)[C@@H](c3ncc(C)cn3)N3CC(OC)C3)n2-c2c(OC)cccc2OC)n1. The Morgan fingerprint density at radius 2 is 0.791 bits per heavy atom. The van der Waals surface area contributed by atoms with Crippen LogP contribution in [0.2, 0.25) is 0 Å². The molecule has 456 valence electrons. The zero-order chi connectivity index (χ0) is 61.5. The molecule has 0 N–H and O–H groups in total. The van der Waals surface area contributed by atoms with Crippen molar-refractivity contribution >= 4 is 19.7 Å². The standard InChI is InChI=1S/2C29H35N7O6S/c2*1-18-13-30-28(31-14-18)26(35-15-20(16-35)39-3)19(2)43(37,38)17-24-33-34-29(21-9-7-12-25(32-21)42-6)36(24)27-22(40-4)10-8-11-23(27)41-5/h2*7-14,19-20,26H,15-17H2,1-6H3/t19-,26?;19-,26+/m01/s1. The third-order valence-corrected chi connectivity index (χ3v) is 19.2. The Labute approximate surface area is 499 Å². The van der Waals surface area contributed by atoms with Gasteiger partial charge in [0, 0.05) is 77.3 Å². The van der Waals surface area contributed by atoms with E-state index in [1.807, 2.05) is 23.6 Å². The lowest BCUT2D eigenvalue weighted by atomic mass is 10.0. The summed E-state index contributed by atoms with van der Waals surface area (Å²) in [4.78, 5) is 31.1. The average Bonchev–Trinajstić information content (AvgIpc) is 1.55. The number of hydrogen-bond donors (Lipinski definition) is 0. The summed E-state index contributed by atoms with van der Waals surface area (Å²) in [6.45, 7) is 9.40. The minimum Gasteiger partial charge on any atom is -0.494 e. The number of ether oxygens (including phenoxy) is 8. The maximum atomic E-state index is 14.2. The molecule has 4 atom stereocenters. The van der Waals surface area contributed by atoms with Crippen molar-refractivity contribution in [2.24, 2.45) is 0 Å². The molecule has 0 radical (unpaired) electrons. The third-order valence-electron chi connectivity index (χ3n) is 15.1. The van der Waals surface area contributed by atoms with Crippen LogP contribution in [0.15, 0.2) is 97.6 Å². The van der Waals surface area contributed by atoms with Gasteiger partial charge in [0.15, 0.2) is 43.0 Å². The topological polar surface area (TPSA) is 287 Å². The van der Waals surface area contributed by atoms with Crippen LogP contribution in [-0.2, 0) is 40.7 Å². The lowest BCUT2D eigenvalue weighted by molar-refractivity contribution is -0.0531. The Kier molecular flexibility index (Phi) is 19.5. The van der Waals surface area contributed by atoms with Crippen molar-refractivity contribution in [3.63, 3.8) is 0 Å². The van der Waals surface area contributed by atoms with Gasteiger partial charge in [0.1, 0.15) is 68.9 Å². The zero-order valence-corrected chi connectivity index (χ0v) is 51.6. The molecule has 0 aliphatic carbocycles. The van der Waals surface area contributed by atoms with Crippen LogP contribution >= 0.6 is 0 Å². The number of aryl methyl sites for hydroxylation is 2. The van der Waals surface area contributed by atoms with Gasteiger partial charge in [-0.15, -0.1) is 20.4 Å². The Hall–Kier alpha value is -8.28. The van der Waals surface area contributed by atoms with Gasteiger partial charge < -0.3 is 37.9 Å². The van der Waals surface area contributed by atoms with Gasteiger partial charge >= 0.3 is 0 Å². The molecular weight excluding hydrogens is 1150 g/mol. The van der Waals surface area contributed by atoms with Crippen LogP contribution in [0.1, 0.15) is 60.4 Å². The molecule has 26 nitrogen and oxygen atoms in total. The van der Waals surface area contributed by atoms with Crippen LogP contribution in [0.3, 0.4) is 0 Å². The van der Waals surface area contributed by atoms with Crippen LogP contribution in [0.4, 0.5) is 0 Å². The van der Waals surface area contributed by atoms with E-state index in [0.717, 1.165) is 11.1 Å². The van der Waals surface area contributed by atoms with E-state index in [4.69, 9.17) is 37.9 Å². The minimum absolute atomic E-state index is 0.0156. The number of methoxy groups -OCH3 is 8. The van der Waals surface area contributed by atoms with Crippen molar-refractivity contribution in [2.75, 3.05) is 83.1 Å². The number of nitrogens with zero attached hydrogens (tertiary/aromatic N) is 14. The summed E-state index contributed by atoms with van der Waals surface area (Å²) in [5.74, 6) is 3.40. The molecule has 0 saturated carbocycles. The Bertz CT molecular complexity index is 3550. The van der Waals surface area contributed by atoms with Crippen LogP contribution in [-0.4, -0.2) is 192 Å². The third kappa shape index (κ3) is 13.1. The highest BCUT2D eigenvalue weighted by Crippen LogP contribution is 2.41. The molecule has 8 heterocycles. The van der Waals surface area contributed by atoms with Gasteiger partial charge in [-0.25, -0.2) is 46.7 Å². The molecule has 2 aliphatic rings. The second-order valence-corrected chi connectivity index (χ2v) is 25.2. The summed E-state index contributed by atoms with van der Waals surface area (Å²) in [6, 6.07) is 19.8. The number of para-hydroxylation sites is 2. The van der Waals surface area contributed by atoms with Crippen molar-refractivity contribution < 1.29 is 54.7 Å². The number of rotatable bonds is 24. The molecule has 0 spiro atoms. The lowest BCUT2D eigenvalue weighted by Gasteiger charge is -2.44. The first-order valence-corrected chi connectivity index (χ1v) is 30.7. The maximum absolute atomic E-state index is 14.2. The molecule has 2 saturated heterocycles. The first kappa shape index (κ1) is 62.3. The number of hydrogen-bond acceptors (Lipinski definition) is 24. The molecule has 10 rings (SSSR count). The quantitative estimate of drug-likeness (QED) is 0.0705. The van der Waals surface area contributed by atoms with E-state index < -0.39 is 53.8 Å². The summed E-state index contributed by atoms with van der Waals surface area (Å²) in [7, 11) is 4.66. The molecular formula is C58H70N14O12S2. The highest BCUT2D eigenvalue weighted by Gasteiger charge is 2.45. The molecule has 28 heteroatoms. The smallest absolute Gasteiger partial charge is 0.213 e. The summed E-state index contributed by atoms with van der Waals surface area (Å²) in [5.41, 5.74) is 3.50. The van der Waals surface area contributed by atoms with E-state index in [1.54, 1.807) is 135 Å². The van der Waals surface area contributed by atoms with Crippen molar-refractivity contribution in [1.82, 2.24) is 69.2 Å². The molecule has 6 aromatic heterocycles. The molecule has 2 aromatic carbocycles. The van der Waals surface area contributed by atoms with Gasteiger partial charge in [0.05, 0.1) is 77.5 Å². The maximum Gasteiger partial charge on any atom is 0.213 e. The van der Waals surface area contributed by atoms with Crippen LogP contribution in [0.5, 0.6) is 34.8 Å². The normalized spacial score (nSPS) is 15.5. The molecule has 8 aromatic rings. The van der Waals surface area contributed by atoms with Crippen molar-refractivity contribution in [1.29, 1.82) is 0 Å². The average molecular weight is 1220 g/mol. The van der Waals surface area contributed by atoms with E-state index in [-0.39, 0.29) is 23.9 Å². The van der Waals surface area contributed by atoms with Gasteiger partial charge in [-0.3, -0.25) is 18.9 Å². The molecule has 0 bridgehead atoms. The van der Waals surface area contributed by atoms with E-state index >= 15 is 0 Å². The Balaban J connectivity index is 0.000000205. The van der Waals surface area contributed by atoms with E-state index in [0.29, 0.717) is 107 Å². The van der Waals surface area contributed by atoms with Crippen molar-refractivity contribution in [2.45, 2.75) is 74.0 Å². The molecule has 0 amide bonds. The molecule has 2 aliphatic heterocycles. The highest BCUT2D eigenvalue weighted by molar-refractivity contribution is 7.91. The van der Waals surface area contributed by atoms with E-state index in [1.165, 1.54) is 42.7 Å². The van der Waals surface area contributed by atoms with Gasteiger partial charge in [0.25, 0.3) is 0 Å². The number of benzene rings is 2. The van der Waals surface area contributed by atoms with Crippen LogP contribution < -0.4 is 28.4 Å². The fourth-order valence-electron chi connectivity index (χ4n) is 10.2. The summed E-state index contributed by atoms with van der Waals surface area (Å²) in [5, 5.41) is 15.7.